The Balaban J connectivity index is 1.66. The molecule has 0 spiro atoms. The third-order valence-electron chi connectivity index (χ3n) is 5.14. The van der Waals surface area contributed by atoms with Gasteiger partial charge in [0.15, 0.2) is 0 Å². The molecule has 4 aromatic rings. The number of nitrogens with one attached hydrogen (secondary N) is 1. The van der Waals surface area contributed by atoms with Crippen LogP contribution in [0.5, 0.6) is 5.75 Å². The zero-order valence-corrected chi connectivity index (χ0v) is 19.6. The number of benzene rings is 2. The monoisotopic (exact) mass is 466 g/mol. The molecular weight excluding hydrogens is 440 g/mol. The second-order valence-corrected chi connectivity index (χ2v) is 8.37. The second kappa shape index (κ2) is 11.0. The van der Waals surface area contributed by atoms with Gasteiger partial charge in [-0.05, 0) is 60.5 Å². The first-order chi connectivity index (χ1) is 17.0. The zero-order chi connectivity index (χ0) is 24.6. The Kier molecular flexibility index (Phi) is 7.44. The molecule has 4 rings (SSSR count). The van der Waals surface area contributed by atoms with E-state index in [0.717, 1.165) is 17.0 Å². The molecule has 0 saturated heterocycles. The standard InChI is InChI=1S/C28H26N4O3/c1-20(2)19-35-25-12-10-21(11-13-25)27-23(18-32(31-27)24-7-4-3-5-8-24)15-22(16-29)28(33)30-17-26-9-6-14-34-26/h3-15,18,20H,17,19H2,1-2H3,(H,30,33). The van der Waals surface area contributed by atoms with Crippen LogP contribution in [0.4, 0.5) is 0 Å². The predicted octanol–water partition coefficient (Wildman–Crippen LogP) is 5.39. The average Bonchev–Trinajstić information content (AvgIpc) is 3.55. The smallest absolute Gasteiger partial charge is 0.262 e. The lowest BCUT2D eigenvalue weighted by atomic mass is 10.1. The largest absolute Gasteiger partial charge is 0.493 e. The van der Waals surface area contributed by atoms with Crippen molar-refractivity contribution in [2.45, 2.75) is 20.4 Å². The van der Waals surface area contributed by atoms with E-state index >= 15 is 0 Å². The molecule has 0 unspecified atom stereocenters. The highest BCUT2D eigenvalue weighted by Crippen LogP contribution is 2.27. The van der Waals surface area contributed by atoms with E-state index in [9.17, 15) is 10.1 Å². The summed E-state index contributed by atoms with van der Waals surface area (Å²) in [4.78, 5) is 12.7. The molecule has 2 heterocycles. The van der Waals surface area contributed by atoms with Crippen LogP contribution in [0.3, 0.4) is 0 Å². The van der Waals surface area contributed by atoms with Crippen molar-refractivity contribution in [3.8, 4) is 28.8 Å². The number of hydrogen-bond acceptors (Lipinski definition) is 5. The zero-order valence-electron chi connectivity index (χ0n) is 19.6. The first kappa shape index (κ1) is 23.6. The summed E-state index contributed by atoms with van der Waals surface area (Å²) in [5.74, 6) is 1.32. The molecule has 2 aromatic heterocycles. The van der Waals surface area contributed by atoms with Crippen molar-refractivity contribution in [2.24, 2.45) is 5.92 Å². The Morgan fingerprint density at radius 3 is 2.57 bits per heavy atom. The summed E-state index contributed by atoms with van der Waals surface area (Å²) in [6, 6.07) is 22.8. The van der Waals surface area contributed by atoms with Crippen molar-refractivity contribution in [3.05, 3.63) is 96.1 Å². The second-order valence-electron chi connectivity index (χ2n) is 8.37. The fraction of sp³-hybridized carbons (Fsp3) is 0.179. The summed E-state index contributed by atoms with van der Waals surface area (Å²) < 4.78 is 12.8. The summed E-state index contributed by atoms with van der Waals surface area (Å²) in [6.07, 6.45) is 4.90. The average molecular weight is 467 g/mol. The van der Waals surface area contributed by atoms with Crippen molar-refractivity contribution in [2.75, 3.05) is 6.61 Å². The van der Waals surface area contributed by atoms with Gasteiger partial charge in [0.05, 0.1) is 30.8 Å². The van der Waals surface area contributed by atoms with Gasteiger partial charge >= 0.3 is 0 Å². The van der Waals surface area contributed by atoms with E-state index in [-0.39, 0.29) is 12.1 Å². The van der Waals surface area contributed by atoms with E-state index in [1.54, 1.807) is 22.9 Å². The Hall–Kier alpha value is -4.57. The van der Waals surface area contributed by atoms with Crippen LogP contribution in [0.2, 0.25) is 0 Å². The summed E-state index contributed by atoms with van der Waals surface area (Å²) in [6.45, 7) is 5.02. The van der Waals surface area contributed by atoms with Crippen LogP contribution in [0.25, 0.3) is 23.0 Å². The number of carbonyl (C=O) groups is 1. The fourth-order valence-electron chi connectivity index (χ4n) is 3.38. The minimum absolute atomic E-state index is 0.0256. The summed E-state index contributed by atoms with van der Waals surface area (Å²) in [7, 11) is 0. The van der Waals surface area contributed by atoms with E-state index in [2.05, 4.69) is 19.2 Å². The fourth-order valence-corrected chi connectivity index (χ4v) is 3.38. The maximum absolute atomic E-state index is 12.7. The van der Waals surface area contributed by atoms with Gasteiger partial charge in [0.2, 0.25) is 0 Å². The number of nitrogens with zero attached hydrogens (tertiary/aromatic N) is 3. The number of nitriles is 1. The minimum atomic E-state index is -0.486. The number of aromatic nitrogens is 2. The number of carbonyl (C=O) groups excluding carboxylic acids is 1. The molecule has 0 fully saturated rings. The lowest BCUT2D eigenvalue weighted by molar-refractivity contribution is -0.117. The number of amides is 1. The van der Waals surface area contributed by atoms with E-state index in [4.69, 9.17) is 14.3 Å². The highest BCUT2D eigenvalue weighted by molar-refractivity contribution is 6.02. The first-order valence-electron chi connectivity index (χ1n) is 11.3. The van der Waals surface area contributed by atoms with Crippen LogP contribution in [-0.4, -0.2) is 22.3 Å². The summed E-state index contributed by atoms with van der Waals surface area (Å²) >= 11 is 0. The Morgan fingerprint density at radius 1 is 1.14 bits per heavy atom. The van der Waals surface area contributed by atoms with E-state index in [1.807, 2.05) is 66.9 Å². The van der Waals surface area contributed by atoms with Crippen molar-refractivity contribution >= 4 is 12.0 Å². The molecule has 35 heavy (non-hydrogen) atoms. The summed E-state index contributed by atoms with van der Waals surface area (Å²) in [5, 5.41) is 17.2. The van der Waals surface area contributed by atoms with Crippen LogP contribution < -0.4 is 10.1 Å². The van der Waals surface area contributed by atoms with Gasteiger partial charge in [0.25, 0.3) is 5.91 Å². The van der Waals surface area contributed by atoms with Gasteiger partial charge in [0.1, 0.15) is 23.2 Å². The third kappa shape index (κ3) is 6.06. The number of rotatable bonds is 9. The SMILES string of the molecule is CC(C)COc1ccc(-c2nn(-c3ccccc3)cc2C=C(C#N)C(=O)NCc2ccco2)cc1. The van der Waals surface area contributed by atoms with Crippen LogP contribution in [0.15, 0.2) is 89.2 Å². The predicted molar refractivity (Wildman–Crippen MR) is 133 cm³/mol. The van der Waals surface area contributed by atoms with Gasteiger partial charge in [-0.2, -0.15) is 10.4 Å². The molecule has 1 amide bonds. The maximum Gasteiger partial charge on any atom is 0.262 e. The van der Waals surface area contributed by atoms with Crippen LogP contribution in [0, 0.1) is 17.2 Å². The molecular formula is C28H26N4O3. The van der Waals surface area contributed by atoms with Crippen LogP contribution in [-0.2, 0) is 11.3 Å². The molecule has 1 N–H and O–H groups in total. The number of hydrogen-bond donors (Lipinski definition) is 1. The quantitative estimate of drug-likeness (QED) is 0.264. The molecule has 0 radical (unpaired) electrons. The Labute approximate surface area is 204 Å². The lowest BCUT2D eigenvalue weighted by Gasteiger charge is -2.09. The summed E-state index contributed by atoms with van der Waals surface area (Å²) in [5.41, 5.74) is 2.98. The normalized spacial score (nSPS) is 11.3. The molecule has 0 saturated carbocycles. The van der Waals surface area contributed by atoms with E-state index in [1.165, 1.54) is 6.26 Å². The van der Waals surface area contributed by atoms with Gasteiger partial charge in [-0.25, -0.2) is 4.68 Å². The van der Waals surface area contributed by atoms with Gasteiger partial charge in [-0.3, -0.25) is 4.79 Å². The lowest BCUT2D eigenvalue weighted by Crippen LogP contribution is -2.23. The van der Waals surface area contributed by atoms with Crippen molar-refractivity contribution < 1.29 is 13.9 Å². The third-order valence-corrected chi connectivity index (χ3v) is 5.14. The van der Waals surface area contributed by atoms with Crippen molar-refractivity contribution in [1.82, 2.24) is 15.1 Å². The molecule has 0 bridgehead atoms. The molecule has 0 aliphatic carbocycles. The van der Waals surface area contributed by atoms with Gasteiger partial charge in [0, 0.05) is 17.3 Å². The molecule has 176 valence electrons. The highest BCUT2D eigenvalue weighted by Gasteiger charge is 2.15. The van der Waals surface area contributed by atoms with Crippen molar-refractivity contribution in [3.63, 3.8) is 0 Å². The van der Waals surface area contributed by atoms with Gasteiger partial charge < -0.3 is 14.5 Å². The Morgan fingerprint density at radius 2 is 1.91 bits per heavy atom. The number of para-hydroxylation sites is 1. The van der Waals surface area contributed by atoms with Gasteiger partial charge in [-0.1, -0.05) is 32.0 Å². The molecule has 7 heteroatoms. The van der Waals surface area contributed by atoms with Crippen LogP contribution >= 0.6 is 0 Å². The highest BCUT2D eigenvalue weighted by atomic mass is 16.5. The van der Waals surface area contributed by atoms with E-state index < -0.39 is 5.91 Å². The maximum atomic E-state index is 12.7. The molecule has 0 aliphatic heterocycles. The molecule has 7 nitrogen and oxygen atoms in total. The van der Waals surface area contributed by atoms with E-state index in [0.29, 0.717) is 29.5 Å². The topological polar surface area (TPSA) is 93.1 Å². The Bertz CT molecular complexity index is 1330. The molecule has 0 atom stereocenters. The molecule has 0 aliphatic rings. The number of furan rings is 1. The van der Waals surface area contributed by atoms with Crippen LogP contribution in [0.1, 0.15) is 25.2 Å². The number of ether oxygens (including phenoxy) is 1. The first-order valence-corrected chi connectivity index (χ1v) is 11.3. The van der Waals surface area contributed by atoms with Crippen molar-refractivity contribution in [1.29, 1.82) is 5.26 Å². The minimum Gasteiger partial charge on any atom is -0.493 e. The van der Waals surface area contributed by atoms with Gasteiger partial charge in [-0.15, -0.1) is 0 Å². The molecule has 2 aromatic carbocycles.